The molecule has 0 atom stereocenters. The van der Waals surface area contributed by atoms with E-state index in [0.29, 0.717) is 26.3 Å². The first-order valence-corrected chi connectivity index (χ1v) is 7.97. The average Bonchev–Trinajstić information content (AvgIpc) is 2.55. The fourth-order valence-electron chi connectivity index (χ4n) is 2.02. The zero-order valence-electron chi connectivity index (χ0n) is 12.6. The highest BCUT2D eigenvalue weighted by Crippen LogP contribution is 2.25. The van der Waals surface area contributed by atoms with Crippen LogP contribution >= 0.6 is 15.9 Å². The first-order chi connectivity index (χ1) is 10.9. The highest BCUT2D eigenvalue weighted by Gasteiger charge is 2.47. The maximum absolute atomic E-state index is 14.5. The molecule has 1 saturated heterocycles. The highest BCUT2D eigenvalue weighted by atomic mass is 79.9. The Hall–Kier alpha value is -1.54. The fourth-order valence-corrected chi connectivity index (χ4v) is 2.29. The first kappa shape index (κ1) is 17.8. The highest BCUT2D eigenvalue weighted by molar-refractivity contribution is 9.10. The second-order valence-electron chi connectivity index (χ2n) is 4.82. The van der Waals surface area contributed by atoms with Gasteiger partial charge >= 0.3 is 11.9 Å². The Morgan fingerprint density at radius 2 is 1.96 bits per heavy atom. The minimum atomic E-state index is -3.83. The van der Waals surface area contributed by atoms with Crippen LogP contribution in [0.4, 0.5) is 8.78 Å². The summed E-state index contributed by atoms with van der Waals surface area (Å²) in [5.41, 5.74) is -0.455. The van der Waals surface area contributed by atoms with Gasteiger partial charge in [0.2, 0.25) is 0 Å². The summed E-state index contributed by atoms with van der Waals surface area (Å²) in [5, 5.41) is 5.49. The Kier molecular flexibility index (Phi) is 6.06. The molecule has 1 aliphatic rings. The van der Waals surface area contributed by atoms with E-state index in [0.717, 1.165) is 4.47 Å². The van der Waals surface area contributed by atoms with Crippen molar-refractivity contribution in [1.82, 2.24) is 5.01 Å². The van der Waals surface area contributed by atoms with Gasteiger partial charge in [0.1, 0.15) is 5.71 Å². The van der Waals surface area contributed by atoms with E-state index in [4.69, 9.17) is 4.74 Å². The summed E-state index contributed by atoms with van der Waals surface area (Å²) >= 11 is 3.25. The second-order valence-corrected chi connectivity index (χ2v) is 5.73. The molecule has 2 rings (SSSR count). The van der Waals surface area contributed by atoms with Crippen LogP contribution in [-0.2, 0) is 14.3 Å². The number of carbonyl (C=O) groups excluding carboxylic acids is 1. The fraction of sp³-hybridized carbons (Fsp3) is 0.467. The zero-order valence-corrected chi connectivity index (χ0v) is 14.2. The maximum atomic E-state index is 14.5. The van der Waals surface area contributed by atoms with Crippen LogP contribution in [0.15, 0.2) is 33.8 Å². The van der Waals surface area contributed by atoms with Crippen LogP contribution < -0.4 is 0 Å². The van der Waals surface area contributed by atoms with Gasteiger partial charge in [0.15, 0.2) is 0 Å². The number of hydrogen-bond donors (Lipinski definition) is 0. The van der Waals surface area contributed by atoms with Crippen molar-refractivity contribution in [2.75, 3.05) is 32.9 Å². The van der Waals surface area contributed by atoms with E-state index in [1.807, 2.05) is 0 Å². The van der Waals surface area contributed by atoms with Crippen molar-refractivity contribution in [2.45, 2.75) is 12.8 Å². The molecule has 23 heavy (non-hydrogen) atoms. The quantitative estimate of drug-likeness (QED) is 0.572. The van der Waals surface area contributed by atoms with Crippen LogP contribution in [0.3, 0.4) is 0 Å². The zero-order chi connectivity index (χ0) is 16.9. The standard InChI is InChI=1S/C15H17BrF2N2O3/c1-2-23-14(21)15(17,18)13(11-3-5-12(16)6-4-11)19-20-7-9-22-10-8-20/h3-6H,2,7-10H2,1H3/b19-13+. The second kappa shape index (κ2) is 7.83. The van der Waals surface area contributed by atoms with Crippen molar-refractivity contribution >= 4 is 27.6 Å². The molecule has 0 aliphatic carbocycles. The lowest BCUT2D eigenvalue weighted by molar-refractivity contribution is -0.162. The molecule has 0 N–H and O–H groups in total. The van der Waals surface area contributed by atoms with Crippen molar-refractivity contribution in [2.24, 2.45) is 5.10 Å². The number of carbonyl (C=O) groups is 1. The molecular formula is C15H17BrF2N2O3. The summed E-state index contributed by atoms with van der Waals surface area (Å²) in [7, 11) is 0. The van der Waals surface area contributed by atoms with Crippen molar-refractivity contribution < 1.29 is 23.0 Å². The van der Waals surface area contributed by atoms with E-state index in [2.05, 4.69) is 25.8 Å². The van der Waals surface area contributed by atoms with Crippen LogP contribution in [-0.4, -0.2) is 55.5 Å². The number of morpholine rings is 1. The van der Waals surface area contributed by atoms with Crippen LogP contribution in [0, 0.1) is 0 Å². The van der Waals surface area contributed by atoms with Gasteiger partial charge in [-0.15, -0.1) is 0 Å². The summed E-state index contributed by atoms with van der Waals surface area (Å²) in [4.78, 5) is 11.7. The van der Waals surface area contributed by atoms with Crippen molar-refractivity contribution in [3.63, 3.8) is 0 Å². The Balaban J connectivity index is 2.39. The van der Waals surface area contributed by atoms with Gasteiger partial charge in [-0.2, -0.15) is 13.9 Å². The monoisotopic (exact) mass is 390 g/mol. The van der Waals surface area contributed by atoms with E-state index in [1.165, 1.54) is 24.1 Å². The number of hydrazone groups is 1. The number of esters is 1. The molecule has 8 heteroatoms. The molecule has 0 aromatic heterocycles. The Morgan fingerprint density at radius 3 is 2.52 bits per heavy atom. The van der Waals surface area contributed by atoms with Gasteiger partial charge in [-0.25, -0.2) is 4.79 Å². The predicted octanol–water partition coefficient (Wildman–Crippen LogP) is 2.68. The minimum absolute atomic E-state index is 0.125. The summed E-state index contributed by atoms with van der Waals surface area (Å²) in [5.74, 6) is -5.43. The van der Waals surface area contributed by atoms with Crippen LogP contribution in [0.5, 0.6) is 0 Å². The van der Waals surface area contributed by atoms with Gasteiger partial charge in [0.25, 0.3) is 0 Å². The lowest BCUT2D eigenvalue weighted by atomic mass is 10.0. The molecular weight excluding hydrogens is 374 g/mol. The van der Waals surface area contributed by atoms with Gasteiger partial charge in [0.05, 0.1) is 32.9 Å². The molecule has 0 amide bonds. The van der Waals surface area contributed by atoms with Crippen molar-refractivity contribution in [3.8, 4) is 0 Å². The molecule has 126 valence electrons. The molecule has 0 radical (unpaired) electrons. The normalized spacial score (nSPS) is 16.3. The van der Waals surface area contributed by atoms with Gasteiger partial charge in [0, 0.05) is 10.0 Å². The van der Waals surface area contributed by atoms with Gasteiger partial charge < -0.3 is 9.47 Å². The summed E-state index contributed by atoms with van der Waals surface area (Å²) in [6.45, 7) is 2.94. The molecule has 0 unspecified atom stereocenters. The lowest BCUT2D eigenvalue weighted by Gasteiger charge is -2.26. The SMILES string of the molecule is CCOC(=O)C(F)(F)/C(=N/N1CCOCC1)c1ccc(Br)cc1. The number of nitrogens with zero attached hydrogens (tertiary/aromatic N) is 2. The van der Waals surface area contributed by atoms with E-state index >= 15 is 0 Å². The van der Waals surface area contributed by atoms with Crippen LogP contribution in [0.1, 0.15) is 12.5 Å². The number of rotatable bonds is 5. The average molecular weight is 391 g/mol. The Labute approximate surface area is 141 Å². The van der Waals surface area contributed by atoms with E-state index in [-0.39, 0.29) is 12.2 Å². The predicted molar refractivity (Wildman–Crippen MR) is 84.7 cm³/mol. The number of ether oxygens (including phenoxy) is 2. The topological polar surface area (TPSA) is 51.1 Å². The number of benzene rings is 1. The maximum Gasteiger partial charge on any atom is 0.386 e. The molecule has 1 fully saturated rings. The van der Waals surface area contributed by atoms with E-state index < -0.39 is 17.6 Å². The smallest absolute Gasteiger partial charge is 0.386 e. The molecule has 1 aliphatic heterocycles. The van der Waals surface area contributed by atoms with Crippen molar-refractivity contribution in [1.29, 1.82) is 0 Å². The Morgan fingerprint density at radius 1 is 1.35 bits per heavy atom. The third-order valence-corrected chi connectivity index (χ3v) is 3.70. The Bertz CT molecular complexity index is 573. The van der Waals surface area contributed by atoms with E-state index in [1.54, 1.807) is 12.1 Å². The third-order valence-electron chi connectivity index (χ3n) is 3.18. The van der Waals surface area contributed by atoms with Gasteiger partial charge in [-0.3, -0.25) is 5.01 Å². The molecule has 0 spiro atoms. The summed E-state index contributed by atoms with van der Waals surface area (Å²) in [6, 6.07) is 6.20. The summed E-state index contributed by atoms with van der Waals surface area (Å²) < 4.78 is 39.5. The molecule has 5 nitrogen and oxygen atoms in total. The molecule has 1 aromatic carbocycles. The number of alkyl halides is 2. The number of hydrogen-bond acceptors (Lipinski definition) is 5. The largest absolute Gasteiger partial charge is 0.461 e. The van der Waals surface area contributed by atoms with E-state index in [9.17, 15) is 13.6 Å². The first-order valence-electron chi connectivity index (χ1n) is 7.18. The molecule has 1 aromatic rings. The summed E-state index contributed by atoms with van der Waals surface area (Å²) in [6.07, 6.45) is 0. The lowest BCUT2D eigenvalue weighted by Crippen LogP contribution is -2.43. The van der Waals surface area contributed by atoms with Crippen LogP contribution in [0.25, 0.3) is 0 Å². The number of halogens is 3. The third kappa shape index (κ3) is 4.48. The van der Waals surface area contributed by atoms with Crippen LogP contribution in [0.2, 0.25) is 0 Å². The molecule has 0 bridgehead atoms. The molecule has 0 saturated carbocycles. The van der Waals surface area contributed by atoms with Gasteiger partial charge in [-0.1, -0.05) is 28.1 Å². The van der Waals surface area contributed by atoms with Crippen molar-refractivity contribution in [3.05, 3.63) is 34.3 Å². The van der Waals surface area contributed by atoms with Gasteiger partial charge in [-0.05, 0) is 19.1 Å². The minimum Gasteiger partial charge on any atom is -0.461 e. The molecule has 1 heterocycles.